The number of anilines is 1. The number of benzene rings is 2. The van der Waals surface area contributed by atoms with E-state index >= 15 is 0 Å². The largest absolute Gasteiger partial charge is 0.490 e. The predicted octanol–water partition coefficient (Wildman–Crippen LogP) is 3.79. The molecule has 9 heteroatoms. The van der Waals surface area contributed by atoms with Crippen molar-refractivity contribution in [1.82, 2.24) is 9.55 Å². The normalized spacial score (nSPS) is 13.2. The van der Waals surface area contributed by atoms with E-state index in [4.69, 9.17) is 21.1 Å². The summed E-state index contributed by atoms with van der Waals surface area (Å²) in [5.41, 5.74) is 1.91. The maximum Gasteiger partial charge on any atom is 0.261 e. The van der Waals surface area contributed by atoms with E-state index in [1.165, 1.54) is 16.3 Å². The minimum atomic E-state index is -0.269. The lowest BCUT2D eigenvalue weighted by atomic mass is 10.2. The first-order valence-corrected chi connectivity index (χ1v) is 10.8. The van der Waals surface area contributed by atoms with Crippen LogP contribution in [0.2, 0.25) is 5.02 Å². The summed E-state index contributed by atoms with van der Waals surface area (Å²) in [6, 6.07) is 8.84. The van der Waals surface area contributed by atoms with Gasteiger partial charge in [-0.05, 0) is 19.1 Å². The van der Waals surface area contributed by atoms with E-state index in [0.29, 0.717) is 51.5 Å². The number of hydrogen-bond acceptors (Lipinski definition) is 6. The summed E-state index contributed by atoms with van der Waals surface area (Å²) in [6.45, 7) is 3.03. The van der Waals surface area contributed by atoms with Gasteiger partial charge in [0.15, 0.2) is 16.7 Å². The van der Waals surface area contributed by atoms with Gasteiger partial charge in [-0.1, -0.05) is 35.0 Å². The third kappa shape index (κ3) is 4.24. The van der Waals surface area contributed by atoms with Gasteiger partial charge in [-0.25, -0.2) is 4.98 Å². The summed E-state index contributed by atoms with van der Waals surface area (Å²) in [5, 5.41) is 4.18. The average Bonchev–Trinajstić information content (AvgIpc) is 2.95. The molecule has 0 saturated heterocycles. The highest BCUT2D eigenvalue weighted by molar-refractivity contribution is 7.99. The number of nitrogens with zero attached hydrogens (tertiary/aromatic N) is 2. The second kappa shape index (κ2) is 8.57. The molecule has 3 aromatic rings. The highest BCUT2D eigenvalue weighted by Crippen LogP contribution is 2.37. The molecule has 0 aliphatic carbocycles. The van der Waals surface area contributed by atoms with Gasteiger partial charge in [-0.2, -0.15) is 0 Å². The lowest BCUT2D eigenvalue weighted by Crippen LogP contribution is -2.21. The first kappa shape index (κ1) is 20.6. The fraction of sp³-hybridized carbons (Fsp3) is 0.286. The van der Waals surface area contributed by atoms with Crippen LogP contribution in [-0.4, -0.2) is 34.4 Å². The highest BCUT2D eigenvalue weighted by Gasteiger charge is 2.16. The van der Waals surface area contributed by atoms with E-state index in [9.17, 15) is 9.59 Å². The van der Waals surface area contributed by atoms with Crippen LogP contribution in [-0.2, 0) is 11.8 Å². The van der Waals surface area contributed by atoms with Crippen LogP contribution >= 0.6 is 23.4 Å². The van der Waals surface area contributed by atoms with Crippen molar-refractivity contribution in [3.8, 4) is 11.5 Å². The Morgan fingerprint density at radius 3 is 2.73 bits per heavy atom. The van der Waals surface area contributed by atoms with Crippen molar-refractivity contribution in [2.75, 3.05) is 24.3 Å². The molecule has 0 spiro atoms. The molecule has 0 saturated carbocycles. The molecule has 1 aliphatic heterocycles. The smallest absolute Gasteiger partial charge is 0.261 e. The van der Waals surface area contributed by atoms with Gasteiger partial charge in [-0.15, -0.1) is 0 Å². The van der Waals surface area contributed by atoms with Gasteiger partial charge < -0.3 is 14.8 Å². The second-order valence-electron chi connectivity index (χ2n) is 6.95. The third-order valence-electron chi connectivity index (χ3n) is 4.63. The van der Waals surface area contributed by atoms with Crippen LogP contribution in [0.5, 0.6) is 11.5 Å². The number of rotatable bonds is 4. The summed E-state index contributed by atoms with van der Waals surface area (Å²) in [6.07, 6.45) is 0.779. The Balaban J connectivity index is 1.49. The second-order valence-corrected chi connectivity index (χ2v) is 8.29. The molecule has 0 unspecified atom stereocenters. The van der Waals surface area contributed by atoms with E-state index in [2.05, 4.69) is 10.3 Å². The lowest BCUT2D eigenvalue weighted by molar-refractivity contribution is -0.113. The molecule has 1 N–H and O–H groups in total. The molecule has 0 fully saturated rings. The van der Waals surface area contributed by atoms with E-state index in [0.717, 1.165) is 12.0 Å². The maximum absolute atomic E-state index is 12.6. The SMILES string of the molecule is Cc1ccc2nc(SCC(=O)Nc3cc4c(cc3Cl)OCCCO4)n(C)c(=O)c2c1. The summed E-state index contributed by atoms with van der Waals surface area (Å²) < 4.78 is 12.7. The van der Waals surface area contributed by atoms with Crippen molar-refractivity contribution in [2.24, 2.45) is 7.05 Å². The first-order chi connectivity index (χ1) is 14.4. The Morgan fingerprint density at radius 1 is 1.23 bits per heavy atom. The van der Waals surface area contributed by atoms with E-state index < -0.39 is 0 Å². The monoisotopic (exact) mass is 445 g/mol. The van der Waals surface area contributed by atoms with Gasteiger partial charge in [0, 0.05) is 25.6 Å². The number of carbonyl (C=O) groups is 1. The topological polar surface area (TPSA) is 82.4 Å². The summed E-state index contributed by atoms with van der Waals surface area (Å²) in [7, 11) is 1.65. The molecule has 0 radical (unpaired) electrons. The number of amides is 1. The zero-order chi connectivity index (χ0) is 21.3. The molecule has 1 amide bonds. The van der Waals surface area contributed by atoms with Crippen LogP contribution in [0.25, 0.3) is 10.9 Å². The zero-order valence-electron chi connectivity index (χ0n) is 16.5. The number of fused-ring (bicyclic) bond motifs is 2. The quantitative estimate of drug-likeness (QED) is 0.486. The number of hydrogen-bond donors (Lipinski definition) is 1. The van der Waals surface area contributed by atoms with E-state index in [-0.39, 0.29) is 17.2 Å². The van der Waals surface area contributed by atoms with Crippen LogP contribution in [0, 0.1) is 6.92 Å². The maximum atomic E-state index is 12.6. The predicted molar refractivity (Wildman–Crippen MR) is 118 cm³/mol. The molecule has 4 rings (SSSR count). The Bertz CT molecular complexity index is 1200. The summed E-state index contributed by atoms with van der Waals surface area (Å²) in [5.74, 6) is 0.918. The molecule has 0 bridgehead atoms. The number of nitrogens with one attached hydrogen (secondary N) is 1. The Hall–Kier alpha value is -2.71. The minimum absolute atomic E-state index is 0.0718. The van der Waals surface area contributed by atoms with E-state index in [1.807, 2.05) is 25.1 Å². The number of halogens is 1. The molecule has 156 valence electrons. The Labute approximate surface area is 182 Å². The van der Waals surface area contributed by atoms with Crippen molar-refractivity contribution in [2.45, 2.75) is 18.5 Å². The number of ether oxygens (including phenoxy) is 2. The van der Waals surface area contributed by atoms with Gasteiger partial charge in [0.25, 0.3) is 5.56 Å². The van der Waals surface area contributed by atoms with Crippen molar-refractivity contribution < 1.29 is 14.3 Å². The fourth-order valence-corrected chi connectivity index (χ4v) is 4.06. The molecule has 2 heterocycles. The number of carbonyl (C=O) groups excluding carboxylic acids is 1. The third-order valence-corrected chi connectivity index (χ3v) is 5.98. The molecule has 2 aromatic carbocycles. The summed E-state index contributed by atoms with van der Waals surface area (Å²) in [4.78, 5) is 29.6. The van der Waals surface area contributed by atoms with Gasteiger partial charge >= 0.3 is 0 Å². The molecular formula is C21H20ClN3O4S. The average molecular weight is 446 g/mol. The van der Waals surface area contributed by atoms with Gasteiger partial charge in [-0.3, -0.25) is 14.2 Å². The zero-order valence-corrected chi connectivity index (χ0v) is 18.1. The van der Waals surface area contributed by atoms with Crippen molar-refractivity contribution >= 4 is 45.9 Å². The Kier molecular flexibility index (Phi) is 5.87. The lowest BCUT2D eigenvalue weighted by Gasteiger charge is -2.13. The minimum Gasteiger partial charge on any atom is -0.490 e. The van der Waals surface area contributed by atoms with Gasteiger partial charge in [0.05, 0.1) is 40.6 Å². The molecule has 1 aromatic heterocycles. The van der Waals surface area contributed by atoms with Crippen LogP contribution in [0.1, 0.15) is 12.0 Å². The number of aryl methyl sites for hydroxylation is 1. The number of aromatic nitrogens is 2. The van der Waals surface area contributed by atoms with Crippen LogP contribution in [0.3, 0.4) is 0 Å². The van der Waals surface area contributed by atoms with Crippen LogP contribution < -0.4 is 20.3 Å². The van der Waals surface area contributed by atoms with Crippen molar-refractivity contribution in [3.63, 3.8) is 0 Å². The molecular weight excluding hydrogens is 426 g/mol. The van der Waals surface area contributed by atoms with Gasteiger partial charge in [0.1, 0.15) is 0 Å². The molecule has 0 atom stereocenters. The Morgan fingerprint density at radius 2 is 1.97 bits per heavy atom. The van der Waals surface area contributed by atoms with Gasteiger partial charge in [0.2, 0.25) is 5.91 Å². The fourth-order valence-electron chi connectivity index (χ4n) is 3.09. The standard InChI is InChI=1S/C21H20ClN3O4S/c1-12-4-5-15-13(8-12)20(27)25(2)21(24-15)30-11-19(26)23-16-10-18-17(9-14(16)22)28-6-3-7-29-18/h4-5,8-10H,3,6-7,11H2,1-2H3,(H,23,26). The van der Waals surface area contributed by atoms with Crippen LogP contribution in [0.15, 0.2) is 40.3 Å². The molecule has 7 nitrogen and oxygen atoms in total. The van der Waals surface area contributed by atoms with E-state index in [1.54, 1.807) is 19.2 Å². The first-order valence-electron chi connectivity index (χ1n) is 9.41. The number of thioether (sulfide) groups is 1. The highest BCUT2D eigenvalue weighted by atomic mass is 35.5. The van der Waals surface area contributed by atoms with Crippen molar-refractivity contribution in [3.05, 3.63) is 51.3 Å². The van der Waals surface area contributed by atoms with Crippen LogP contribution in [0.4, 0.5) is 5.69 Å². The molecule has 1 aliphatic rings. The molecule has 30 heavy (non-hydrogen) atoms. The van der Waals surface area contributed by atoms with Crippen molar-refractivity contribution in [1.29, 1.82) is 0 Å². The summed E-state index contributed by atoms with van der Waals surface area (Å²) >= 11 is 7.47.